The molecule has 4 N–H and O–H groups in total. The molecule has 0 unspecified atom stereocenters. The van der Waals surface area contributed by atoms with E-state index in [4.69, 9.17) is 25.4 Å². The van der Waals surface area contributed by atoms with Crippen molar-refractivity contribution in [2.45, 2.75) is 18.9 Å². The number of aliphatic carboxylic acids is 2. The molecule has 0 aliphatic heterocycles. The van der Waals surface area contributed by atoms with Crippen LogP contribution in [-0.2, 0) is 19.1 Å². The highest BCUT2D eigenvalue weighted by Gasteiger charge is 2.04. The van der Waals surface area contributed by atoms with Crippen LogP contribution in [0.5, 0.6) is 0 Å². The maximum atomic E-state index is 10.1. The standard InChI is InChI=1S/C9H17NO6.ClH/c10-7(5-15-3-1-8(11)12)6-16-4-2-9(13)14;/h7H,1-6,10H2,(H,11,12)(H,13,14);1H. The van der Waals surface area contributed by atoms with Gasteiger partial charge in [0.15, 0.2) is 0 Å². The van der Waals surface area contributed by atoms with E-state index in [1.165, 1.54) is 0 Å². The van der Waals surface area contributed by atoms with E-state index < -0.39 is 11.9 Å². The van der Waals surface area contributed by atoms with Gasteiger partial charge in [0.05, 0.1) is 45.3 Å². The van der Waals surface area contributed by atoms with Crippen LogP contribution in [0.15, 0.2) is 0 Å². The molecule has 0 heterocycles. The fourth-order valence-electron chi connectivity index (χ4n) is 0.836. The zero-order chi connectivity index (χ0) is 12.4. The van der Waals surface area contributed by atoms with Crippen LogP contribution in [0, 0.1) is 0 Å². The summed E-state index contributed by atoms with van der Waals surface area (Å²) in [5, 5.41) is 16.6. The van der Waals surface area contributed by atoms with Gasteiger partial charge < -0.3 is 25.4 Å². The van der Waals surface area contributed by atoms with Gasteiger partial charge in [-0.05, 0) is 0 Å². The lowest BCUT2D eigenvalue weighted by Crippen LogP contribution is -2.32. The molecule has 0 amide bonds. The lowest BCUT2D eigenvalue weighted by atomic mass is 10.3. The van der Waals surface area contributed by atoms with Gasteiger partial charge in [-0.25, -0.2) is 0 Å². The van der Waals surface area contributed by atoms with Gasteiger partial charge in [-0.2, -0.15) is 0 Å². The highest BCUT2D eigenvalue weighted by molar-refractivity contribution is 5.85. The van der Waals surface area contributed by atoms with Gasteiger partial charge in [0.25, 0.3) is 0 Å². The van der Waals surface area contributed by atoms with Crippen LogP contribution in [0.1, 0.15) is 12.8 Å². The molecule has 0 aromatic rings. The van der Waals surface area contributed by atoms with Gasteiger partial charge in [0.1, 0.15) is 0 Å². The van der Waals surface area contributed by atoms with Crippen LogP contribution >= 0.6 is 12.4 Å². The van der Waals surface area contributed by atoms with Gasteiger partial charge >= 0.3 is 11.9 Å². The van der Waals surface area contributed by atoms with Crippen LogP contribution < -0.4 is 5.73 Å². The highest BCUT2D eigenvalue weighted by atomic mass is 35.5. The van der Waals surface area contributed by atoms with E-state index in [1.807, 2.05) is 0 Å². The largest absolute Gasteiger partial charge is 0.481 e. The minimum Gasteiger partial charge on any atom is -0.481 e. The molecule has 0 fully saturated rings. The molecular weight excluding hydrogens is 254 g/mol. The number of carboxylic acid groups (broad SMARTS) is 2. The summed E-state index contributed by atoms with van der Waals surface area (Å²) >= 11 is 0. The monoisotopic (exact) mass is 271 g/mol. The quantitative estimate of drug-likeness (QED) is 0.467. The third-order valence-corrected chi connectivity index (χ3v) is 1.58. The molecule has 0 saturated heterocycles. The Kier molecular flexibility index (Phi) is 12.6. The van der Waals surface area contributed by atoms with Crippen LogP contribution in [-0.4, -0.2) is 54.6 Å². The number of rotatable bonds is 10. The van der Waals surface area contributed by atoms with Crippen molar-refractivity contribution in [1.82, 2.24) is 0 Å². The minimum absolute atomic E-state index is 0. The van der Waals surface area contributed by atoms with Crippen molar-refractivity contribution >= 4 is 24.3 Å². The van der Waals surface area contributed by atoms with Crippen molar-refractivity contribution in [3.63, 3.8) is 0 Å². The Hall–Kier alpha value is -0.890. The van der Waals surface area contributed by atoms with E-state index in [0.717, 1.165) is 0 Å². The minimum atomic E-state index is -0.925. The summed E-state index contributed by atoms with van der Waals surface area (Å²) in [4.78, 5) is 20.3. The molecule has 0 aromatic heterocycles. The van der Waals surface area contributed by atoms with Crippen molar-refractivity contribution in [3.05, 3.63) is 0 Å². The van der Waals surface area contributed by atoms with E-state index in [1.54, 1.807) is 0 Å². The number of halogens is 1. The third kappa shape index (κ3) is 15.1. The lowest BCUT2D eigenvalue weighted by Gasteiger charge is -2.11. The van der Waals surface area contributed by atoms with Gasteiger partial charge in [0, 0.05) is 0 Å². The molecule has 0 saturated carbocycles. The van der Waals surface area contributed by atoms with Gasteiger partial charge in [-0.15, -0.1) is 12.4 Å². The number of carbonyl (C=O) groups is 2. The van der Waals surface area contributed by atoms with E-state index in [-0.39, 0.29) is 57.7 Å². The summed E-state index contributed by atoms with van der Waals surface area (Å²) < 4.78 is 9.96. The molecule has 7 nitrogen and oxygen atoms in total. The smallest absolute Gasteiger partial charge is 0.305 e. The summed E-state index contributed by atoms with van der Waals surface area (Å²) in [6.07, 6.45) is -0.126. The fraction of sp³-hybridized carbons (Fsp3) is 0.778. The Labute approximate surface area is 105 Å². The maximum Gasteiger partial charge on any atom is 0.305 e. The first-order chi connectivity index (χ1) is 7.52. The number of hydrogen-bond donors (Lipinski definition) is 3. The molecule has 0 radical (unpaired) electrons. The molecule has 0 spiro atoms. The SMILES string of the molecule is Cl.NC(COCCC(=O)O)COCCC(=O)O. The molecule has 17 heavy (non-hydrogen) atoms. The first-order valence-corrected chi connectivity index (χ1v) is 4.87. The first-order valence-electron chi connectivity index (χ1n) is 4.87. The van der Waals surface area contributed by atoms with Crippen molar-refractivity contribution in [1.29, 1.82) is 0 Å². The average molecular weight is 272 g/mol. The predicted molar refractivity (Wildman–Crippen MR) is 61.4 cm³/mol. The van der Waals surface area contributed by atoms with Gasteiger partial charge in [-0.1, -0.05) is 0 Å². The highest BCUT2D eigenvalue weighted by Crippen LogP contribution is 1.89. The first kappa shape index (κ1) is 18.5. The number of ether oxygens (including phenoxy) is 2. The number of hydrogen-bond acceptors (Lipinski definition) is 5. The summed E-state index contributed by atoms with van der Waals surface area (Å²) in [6.45, 7) is 0.608. The second-order valence-electron chi connectivity index (χ2n) is 3.20. The topological polar surface area (TPSA) is 119 Å². The van der Waals surface area contributed by atoms with Crippen LogP contribution in [0.3, 0.4) is 0 Å². The van der Waals surface area contributed by atoms with Crippen LogP contribution in [0.25, 0.3) is 0 Å². The van der Waals surface area contributed by atoms with Crippen molar-refractivity contribution < 1.29 is 29.3 Å². The van der Waals surface area contributed by atoms with E-state index in [2.05, 4.69) is 0 Å². The molecule has 0 aromatic carbocycles. The summed E-state index contributed by atoms with van der Waals surface area (Å²) in [7, 11) is 0. The van der Waals surface area contributed by atoms with Crippen LogP contribution in [0.4, 0.5) is 0 Å². The summed E-state index contributed by atoms with van der Waals surface area (Å²) in [5.41, 5.74) is 5.56. The lowest BCUT2D eigenvalue weighted by molar-refractivity contribution is -0.139. The molecule has 0 rings (SSSR count). The average Bonchev–Trinajstić information content (AvgIpc) is 2.19. The zero-order valence-corrected chi connectivity index (χ0v) is 10.1. The van der Waals surface area contributed by atoms with E-state index in [9.17, 15) is 9.59 Å². The second kappa shape index (κ2) is 11.6. The van der Waals surface area contributed by atoms with Crippen molar-refractivity contribution in [2.75, 3.05) is 26.4 Å². The van der Waals surface area contributed by atoms with E-state index >= 15 is 0 Å². The Balaban J connectivity index is 0. The Bertz CT molecular complexity index is 204. The predicted octanol–water partition coefficient (Wildman–Crippen LogP) is -0.282. The third-order valence-electron chi connectivity index (χ3n) is 1.58. The Morgan fingerprint density at radius 1 is 1.00 bits per heavy atom. The summed E-state index contributed by atoms with van der Waals surface area (Å²) in [5.74, 6) is -1.85. The van der Waals surface area contributed by atoms with Crippen molar-refractivity contribution in [3.8, 4) is 0 Å². The molecule has 102 valence electrons. The molecule has 0 bridgehead atoms. The molecule has 0 atom stereocenters. The van der Waals surface area contributed by atoms with Gasteiger partial charge in [-0.3, -0.25) is 9.59 Å². The molecule has 8 heteroatoms. The fourth-order valence-corrected chi connectivity index (χ4v) is 0.836. The normalized spacial score (nSPS) is 10.0. The molecular formula is C9H18ClNO6. The maximum absolute atomic E-state index is 10.1. The Morgan fingerprint density at radius 2 is 1.35 bits per heavy atom. The number of nitrogens with two attached hydrogens (primary N) is 1. The van der Waals surface area contributed by atoms with Crippen molar-refractivity contribution in [2.24, 2.45) is 5.73 Å². The van der Waals surface area contributed by atoms with Crippen LogP contribution in [0.2, 0.25) is 0 Å². The molecule has 0 aliphatic carbocycles. The number of carboxylic acids is 2. The van der Waals surface area contributed by atoms with Gasteiger partial charge in [0.2, 0.25) is 0 Å². The second-order valence-corrected chi connectivity index (χ2v) is 3.20. The van der Waals surface area contributed by atoms with E-state index in [0.29, 0.717) is 0 Å². The zero-order valence-electron chi connectivity index (χ0n) is 9.33. The Morgan fingerprint density at radius 3 is 1.65 bits per heavy atom. The summed E-state index contributed by atoms with van der Waals surface area (Å²) in [6, 6.07) is -0.373. The molecule has 0 aliphatic rings.